The first-order chi connectivity index (χ1) is 8.61. The number of carbonyl (C=O) groups excluding carboxylic acids is 2. The molecule has 0 spiro atoms. The number of carbonyl (C=O) groups is 2. The number of amides is 3. The minimum Gasteiger partial charge on any atom is -0.395 e. The van der Waals surface area contributed by atoms with Gasteiger partial charge in [-0.3, -0.25) is 10.1 Å². The molecule has 6 heteroatoms. The fourth-order valence-corrected chi connectivity index (χ4v) is 2.52. The summed E-state index contributed by atoms with van der Waals surface area (Å²) >= 11 is 1.33. The molecule has 0 saturated heterocycles. The molecule has 1 fully saturated rings. The summed E-state index contributed by atoms with van der Waals surface area (Å²) in [7, 11) is 0. The molecule has 18 heavy (non-hydrogen) atoms. The molecule has 1 rings (SSSR count). The summed E-state index contributed by atoms with van der Waals surface area (Å²) in [4.78, 5) is 23.0. The van der Waals surface area contributed by atoms with Gasteiger partial charge in [-0.1, -0.05) is 26.2 Å². The maximum atomic E-state index is 11.5. The quantitative estimate of drug-likeness (QED) is 0.705. The monoisotopic (exact) mass is 274 g/mol. The van der Waals surface area contributed by atoms with Crippen LogP contribution in [0, 0.1) is 0 Å². The number of thioether (sulfide) groups is 1. The molecule has 0 aliphatic heterocycles. The van der Waals surface area contributed by atoms with Crippen LogP contribution in [-0.2, 0) is 4.79 Å². The Hall–Kier alpha value is -0.750. The number of hydrogen-bond donors (Lipinski definition) is 3. The predicted molar refractivity (Wildman–Crippen MR) is 72.6 cm³/mol. The largest absolute Gasteiger partial charge is 0.395 e. The number of hydrogen-bond acceptors (Lipinski definition) is 4. The van der Waals surface area contributed by atoms with E-state index in [-0.39, 0.29) is 29.6 Å². The zero-order chi connectivity index (χ0) is 13.4. The van der Waals surface area contributed by atoms with E-state index in [1.54, 1.807) is 0 Å². The number of rotatable bonds is 5. The number of aliphatic hydroxyl groups excluding tert-OH is 1. The van der Waals surface area contributed by atoms with Gasteiger partial charge in [0, 0.05) is 11.3 Å². The summed E-state index contributed by atoms with van der Waals surface area (Å²) in [5.74, 6) is -0.117. The van der Waals surface area contributed by atoms with Gasteiger partial charge in [0.25, 0.3) is 0 Å². The second-order valence-corrected chi connectivity index (χ2v) is 6.09. The van der Waals surface area contributed by atoms with Crippen LogP contribution in [0.25, 0.3) is 0 Å². The summed E-state index contributed by atoms with van der Waals surface area (Å²) < 4.78 is 0. The Morgan fingerprint density at radius 2 is 2.00 bits per heavy atom. The highest BCUT2D eigenvalue weighted by molar-refractivity contribution is 8.00. The lowest BCUT2D eigenvalue weighted by Crippen LogP contribution is -2.45. The Morgan fingerprint density at radius 3 is 2.61 bits per heavy atom. The third-order valence-electron chi connectivity index (χ3n) is 2.95. The van der Waals surface area contributed by atoms with Gasteiger partial charge >= 0.3 is 6.03 Å². The number of urea groups is 1. The Kier molecular flexibility index (Phi) is 7.12. The molecule has 0 aromatic heterocycles. The van der Waals surface area contributed by atoms with E-state index < -0.39 is 6.03 Å². The molecule has 0 bridgehead atoms. The third kappa shape index (κ3) is 6.26. The van der Waals surface area contributed by atoms with Crippen molar-refractivity contribution in [2.75, 3.05) is 12.4 Å². The van der Waals surface area contributed by atoms with E-state index in [1.165, 1.54) is 18.2 Å². The average Bonchev–Trinajstić information content (AvgIpc) is 2.37. The van der Waals surface area contributed by atoms with Gasteiger partial charge in [-0.2, -0.15) is 0 Å². The molecular weight excluding hydrogens is 252 g/mol. The molecular formula is C12H22N2O3S. The molecule has 3 N–H and O–H groups in total. The molecule has 1 atom stereocenters. The first-order valence-electron chi connectivity index (χ1n) is 6.44. The van der Waals surface area contributed by atoms with E-state index in [2.05, 4.69) is 10.6 Å². The Balaban J connectivity index is 2.16. The zero-order valence-electron chi connectivity index (χ0n) is 10.8. The second-order valence-electron chi connectivity index (χ2n) is 4.66. The van der Waals surface area contributed by atoms with Crippen LogP contribution in [0.5, 0.6) is 0 Å². The average molecular weight is 274 g/mol. The maximum absolute atomic E-state index is 11.5. The number of aliphatic hydroxyl groups is 1. The lowest BCUT2D eigenvalue weighted by Gasteiger charge is -2.22. The predicted octanol–water partition coefficient (Wildman–Crippen LogP) is 1.26. The SMILES string of the molecule is CC(CO)SCC(=O)NC(=O)NC1CCCCC1. The second kappa shape index (κ2) is 8.37. The highest BCUT2D eigenvalue weighted by Gasteiger charge is 2.17. The van der Waals surface area contributed by atoms with E-state index in [4.69, 9.17) is 5.11 Å². The molecule has 1 unspecified atom stereocenters. The van der Waals surface area contributed by atoms with Gasteiger partial charge in [-0.05, 0) is 12.8 Å². The summed E-state index contributed by atoms with van der Waals surface area (Å²) in [5.41, 5.74) is 0. The van der Waals surface area contributed by atoms with Crippen LogP contribution in [0.1, 0.15) is 39.0 Å². The van der Waals surface area contributed by atoms with E-state index in [1.807, 2.05) is 6.92 Å². The van der Waals surface area contributed by atoms with Gasteiger partial charge in [-0.25, -0.2) is 4.79 Å². The fraction of sp³-hybridized carbons (Fsp3) is 0.833. The minimum absolute atomic E-state index is 0.0113. The van der Waals surface area contributed by atoms with E-state index in [0.717, 1.165) is 25.7 Å². The van der Waals surface area contributed by atoms with Crippen LogP contribution < -0.4 is 10.6 Å². The summed E-state index contributed by atoms with van der Waals surface area (Å²) in [6.07, 6.45) is 5.51. The molecule has 1 aliphatic carbocycles. The van der Waals surface area contributed by atoms with Gasteiger partial charge < -0.3 is 10.4 Å². The molecule has 104 valence electrons. The van der Waals surface area contributed by atoms with Crippen molar-refractivity contribution in [3.8, 4) is 0 Å². The van der Waals surface area contributed by atoms with Crippen molar-refractivity contribution in [3.63, 3.8) is 0 Å². The van der Waals surface area contributed by atoms with Gasteiger partial charge in [0.05, 0.1) is 12.4 Å². The van der Waals surface area contributed by atoms with Gasteiger partial charge in [0.15, 0.2) is 0 Å². The van der Waals surface area contributed by atoms with E-state index >= 15 is 0 Å². The van der Waals surface area contributed by atoms with E-state index in [0.29, 0.717) is 0 Å². The van der Waals surface area contributed by atoms with Crippen molar-refractivity contribution in [1.82, 2.24) is 10.6 Å². The summed E-state index contributed by atoms with van der Waals surface area (Å²) in [6.45, 7) is 1.87. The van der Waals surface area contributed by atoms with Gasteiger partial charge in [0.1, 0.15) is 0 Å². The molecule has 0 aromatic carbocycles. The van der Waals surface area contributed by atoms with Crippen LogP contribution in [0.15, 0.2) is 0 Å². The lowest BCUT2D eigenvalue weighted by molar-refractivity contribution is -0.117. The maximum Gasteiger partial charge on any atom is 0.321 e. The normalized spacial score (nSPS) is 18.1. The minimum atomic E-state index is -0.399. The summed E-state index contributed by atoms with van der Waals surface area (Å²) in [5, 5.41) is 14.0. The van der Waals surface area contributed by atoms with Crippen LogP contribution in [0.3, 0.4) is 0 Å². The highest BCUT2D eigenvalue weighted by atomic mass is 32.2. The third-order valence-corrected chi connectivity index (χ3v) is 4.10. The van der Waals surface area contributed by atoms with Crippen molar-refractivity contribution in [3.05, 3.63) is 0 Å². The molecule has 3 amide bonds. The fourth-order valence-electron chi connectivity index (χ4n) is 1.90. The molecule has 5 nitrogen and oxygen atoms in total. The number of nitrogens with one attached hydrogen (secondary N) is 2. The van der Waals surface area contributed by atoms with Crippen molar-refractivity contribution in [1.29, 1.82) is 0 Å². The van der Waals surface area contributed by atoms with Crippen LogP contribution >= 0.6 is 11.8 Å². The Labute approximate surface area is 112 Å². The topological polar surface area (TPSA) is 78.4 Å². The molecule has 0 heterocycles. The number of imide groups is 1. The Morgan fingerprint density at radius 1 is 1.33 bits per heavy atom. The van der Waals surface area contributed by atoms with Crippen LogP contribution in [0.4, 0.5) is 4.79 Å². The van der Waals surface area contributed by atoms with Crippen LogP contribution in [0.2, 0.25) is 0 Å². The molecule has 0 radical (unpaired) electrons. The molecule has 0 aromatic rings. The standard InChI is InChI=1S/C12H22N2O3S/c1-9(7-15)18-8-11(16)14-12(17)13-10-5-3-2-4-6-10/h9-10,15H,2-8H2,1H3,(H2,13,14,16,17). The smallest absolute Gasteiger partial charge is 0.321 e. The highest BCUT2D eigenvalue weighted by Crippen LogP contribution is 2.17. The van der Waals surface area contributed by atoms with Gasteiger partial charge in [-0.15, -0.1) is 11.8 Å². The van der Waals surface area contributed by atoms with Crippen molar-refractivity contribution in [2.24, 2.45) is 0 Å². The van der Waals surface area contributed by atoms with Crippen LogP contribution in [-0.4, -0.2) is 40.7 Å². The Bertz CT molecular complexity index is 280. The molecule has 1 aliphatic rings. The molecule has 1 saturated carbocycles. The van der Waals surface area contributed by atoms with Crippen molar-refractivity contribution < 1.29 is 14.7 Å². The van der Waals surface area contributed by atoms with Gasteiger partial charge in [0.2, 0.25) is 5.91 Å². The van der Waals surface area contributed by atoms with Crippen molar-refractivity contribution in [2.45, 2.75) is 50.3 Å². The van der Waals surface area contributed by atoms with Crippen molar-refractivity contribution >= 4 is 23.7 Å². The first kappa shape index (κ1) is 15.3. The summed E-state index contributed by atoms with van der Waals surface area (Å²) in [6, 6.07) is -0.195. The zero-order valence-corrected chi connectivity index (χ0v) is 11.6. The lowest BCUT2D eigenvalue weighted by atomic mass is 9.96. The first-order valence-corrected chi connectivity index (χ1v) is 7.49. The van der Waals surface area contributed by atoms with E-state index in [9.17, 15) is 9.59 Å².